The second-order valence-corrected chi connectivity index (χ2v) is 5.54. The van der Waals surface area contributed by atoms with Gasteiger partial charge in [-0.15, -0.1) is 0 Å². The highest BCUT2D eigenvalue weighted by Gasteiger charge is 2.21. The lowest BCUT2D eigenvalue weighted by Gasteiger charge is -2.27. The molecule has 0 saturated carbocycles. The van der Waals surface area contributed by atoms with Gasteiger partial charge < -0.3 is 4.90 Å². The molecule has 0 radical (unpaired) electrons. The van der Waals surface area contributed by atoms with Crippen molar-refractivity contribution in [2.45, 2.75) is 12.8 Å². The maximum Gasteiger partial charge on any atom is 0.0127 e. The molecule has 0 heterocycles. The first kappa shape index (κ1) is 13.8. The third-order valence-electron chi connectivity index (χ3n) is 3.54. The van der Waals surface area contributed by atoms with E-state index in [1.54, 1.807) is 0 Å². The van der Waals surface area contributed by atoms with E-state index in [0.29, 0.717) is 11.8 Å². The summed E-state index contributed by atoms with van der Waals surface area (Å²) in [6.45, 7) is 3.43. The topological polar surface area (TPSA) is 3.24 Å². The highest BCUT2D eigenvalue weighted by molar-refractivity contribution is 5.33. The van der Waals surface area contributed by atoms with Gasteiger partial charge >= 0.3 is 0 Å². The van der Waals surface area contributed by atoms with E-state index in [1.165, 1.54) is 11.1 Å². The molecular formula is C18H23N. The zero-order valence-electron chi connectivity index (χ0n) is 12.1. The molecule has 2 rings (SSSR count). The highest BCUT2D eigenvalue weighted by atomic mass is 15.1. The van der Waals surface area contributed by atoms with Crippen molar-refractivity contribution in [3.8, 4) is 0 Å². The smallest absolute Gasteiger partial charge is 0.0127 e. The van der Waals surface area contributed by atoms with Gasteiger partial charge in [-0.1, -0.05) is 67.6 Å². The van der Waals surface area contributed by atoms with Crippen LogP contribution in [0.4, 0.5) is 0 Å². The Morgan fingerprint density at radius 2 is 1.21 bits per heavy atom. The predicted octanol–water partition coefficient (Wildman–Crippen LogP) is 4.02. The molecule has 1 heteroatoms. The van der Waals surface area contributed by atoms with Crippen molar-refractivity contribution in [1.29, 1.82) is 0 Å². The molecule has 0 aliphatic rings. The van der Waals surface area contributed by atoms with Crippen LogP contribution in [0.15, 0.2) is 60.7 Å². The second-order valence-electron chi connectivity index (χ2n) is 5.54. The second kappa shape index (κ2) is 6.53. The van der Waals surface area contributed by atoms with Crippen LogP contribution in [0.2, 0.25) is 0 Å². The summed E-state index contributed by atoms with van der Waals surface area (Å²) >= 11 is 0. The van der Waals surface area contributed by atoms with Gasteiger partial charge in [0.1, 0.15) is 0 Å². The maximum absolute atomic E-state index is 2.34. The van der Waals surface area contributed by atoms with E-state index in [1.807, 2.05) is 0 Å². The Morgan fingerprint density at radius 1 is 0.789 bits per heavy atom. The molecule has 100 valence electrons. The van der Waals surface area contributed by atoms with Crippen LogP contribution in [0, 0.1) is 5.92 Å². The number of nitrogens with zero attached hydrogens (tertiary/aromatic N) is 1. The van der Waals surface area contributed by atoms with Crippen molar-refractivity contribution in [2.24, 2.45) is 5.92 Å². The third-order valence-corrected chi connectivity index (χ3v) is 3.54. The van der Waals surface area contributed by atoms with Gasteiger partial charge in [0.15, 0.2) is 0 Å². The van der Waals surface area contributed by atoms with Gasteiger partial charge in [0.2, 0.25) is 0 Å². The van der Waals surface area contributed by atoms with Gasteiger partial charge in [-0.25, -0.2) is 0 Å². The van der Waals surface area contributed by atoms with Crippen molar-refractivity contribution in [1.82, 2.24) is 4.90 Å². The molecule has 0 amide bonds. The molecule has 2 aromatic rings. The summed E-state index contributed by atoms with van der Waals surface area (Å²) in [7, 11) is 4.28. The lowest BCUT2D eigenvalue weighted by Crippen LogP contribution is -2.25. The zero-order valence-corrected chi connectivity index (χ0v) is 12.1. The van der Waals surface area contributed by atoms with Crippen LogP contribution in [-0.4, -0.2) is 25.5 Å². The third kappa shape index (κ3) is 3.68. The Labute approximate surface area is 116 Å². The van der Waals surface area contributed by atoms with Gasteiger partial charge in [-0.05, 0) is 31.1 Å². The zero-order chi connectivity index (χ0) is 13.7. The molecule has 0 unspecified atom stereocenters. The molecule has 0 saturated heterocycles. The Bertz CT molecular complexity index is 436. The van der Waals surface area contributed by atoms with E-state index in [2.05, 4.69) is 86.6 Å². The molecule has 0 spiro atoms. The summed E-state index contributed by atoms with van der Waals surface area (Å²) in [5.41, 5.74) is 2.81. The van der Waals surface area contributed by atoms with Gasteiger partial charge in [-0.2, -0.15) is 0 Å². The summed E-state index contributed by atoms with van der Waals surface area (Å²) in [5.74, 6) is 1.05. The van der Waals surface area contributed by atoms with Crippen LogP contribution in [-0.2, 0) is 0 Å². The van der Waals surface area contributed by atoms with Crippen molar-refractivity contribution in [3.05, 3.63) is 71.8 Å². The fraction of sp³-hybridized carbons (Fsp3) is 0.333. The first-order valence-corrected chi connectivity index (χ1v) is 6.93. The highest BCUT2D eigenvalue weighted by Crippen LogP contribution is 2.32. The molecule has 1 atom stereocenters. The van der Waals surface area contributed by atoms with Crippen LogP contribution in [0.3, 0.4) is 0 Å². The van der Waals surface area contributed by atoms with Crippen LogP contribution in [0.25, 0.3) is 0 Å². The van der Waals surface area contributed by atoms with Gasteiger partial charge in [0.25, 0.3) is 0 Å². The monoisotopic (exact) mass is 253 g/mol. The summed E-state index contributed by atoms with van der Waals surface area (Å²) in [4.78, 5) is 2.27. The molecule has 0 aliphatic carbocycles. The first-order valence-electron chi connectivity index (χ1n) is 6.93. The predicted molar refractivity (Wildman–Crippen MR) is 82.4 cm³/mol. The minimum atomic E-state index is 0.463. The summed E-state index contributed by atoms with van der Waals surface area (Å²) in [5, 5.41) is 0. The van der Waals surface area contributed by atoms with Crippen molar-refractivity contribution in [2.75, 3.05) is 20.6 Å². The number of hydrogen-bond acceptors (Lipinski definition) is 1. The SMILES string of the molecule is C[C@H](CN(C)C)C(c1ccccc1)c1ccccc1. The molecular weight excluding hydrogens is 230 g/mol. The Kier molecular flexibility index (Phi) is 4.75. The molecule has 0 aliphatic heterocycles. The van der Waals surface area contributed by atoms with Crippen LogP contribution in [0.5, 0.6) is 0 Å². The fourth-order valence-corrected chi connectivity index (χ4v) is 2.85. The molecule has 0 fully saturated rings. The number of rotatable bonds is 5. The van der Waals surface area contributed by atoms with Gasteiger partial charge in [0, 0.05) is 12.5 Å². The minimum absolute atomic E-state index is 0.463. The van der Waals surface area contributed by atoms with Crippen molar-refractivity contribution >= 4 is 0 Å². The van der Waals surface area contributed by atoms with E-state index >= 15 is 0 Å². The average molecular weight is 253 g/mol. The molecule has 19 heavy (non-hydrogen) atoms. The molecule has 2 aromatic carbocycles. The van der Waals surface area contributed by atoms with Crippen LogP contribution < -0.4 is 0 Å². The van der Waals surface area contributed by atoms with Gasteiger partial charge in [-0.3, -0.25) is 0 Å². The van der Waals surface area contributed by atoms with E-state index in [4.69, 9.17) is 0 Å². The Hall–Kier alpha value is -1.60. The number of benzene rings is 2. The summed E-state index contributed by atoms with van der Waals surface area (Å²) in [6.07, 6.45) is 0. The van der Waals surface area contributed by atoms with E-state index in [-0.39, 0.29) is 0 Å². The van der Waals surface area contributed by atoms with E-state index in [0.717, 1.165) is 6.54 Å². The van der Waals surface area contributed by atoms with E-state index in [9.17, 15) is 0 Å². The summed E-state index contributed by atoms with van der Waals surface area (Å²) in [6, 6.07) is 21.7. The van der Waals surface area contributed by atoms with Crippen LogP contribution in [0.1, 0.15) is 24.0 Å². The fourth-order valence-electron chi connectivity index (χ4n) is 2.85. The molecule has 0 N–H and O–H groups in total. The Morgan fingerprint density at radius 3 is 1.58 bits per heavy atom. The first-order chi connectivity index (χ1) is 9.18. The van der Waals surface area contributed by atoms with Gasteiger partial charge in [0.05, 0.1) is 0 Å². The number of hydrogen-bond donors (Lipinski definition) is 0. The molecule has 1 nitrogen and oxygen atoms in total. The van der Waals surface area contributed by atoms with Crippen molar-refractivity contribution in [3.63, 3.8) is 0 Å². The standard InChI is InChI=1S/C18H23N/c1-15(14-19(2)3)18(16-10-6-4-7-11-16)17-12-8-5-9-13-17/h4-13,15,18H,14H2,1-3H3/t15-/m1/s1. The van der Waals surface area contributed by atoms with Crippen molar-refractivity contribution < 1.29 is 0 Å². The quantitative estimate of drug-likeness (QED) is 0.778. The lowest BCUT2D eigenvalue weighted by molar-refractivity contribution is 0.321. The largest absolute Gasteiger partial charge is 0.309 e. The lowest BCUT2D eigenvalue weighted by atomic mass is 9.81. The normalized spacial score (nSPS) is 12.9. The molecule has 0 bridgehead atoms. The minimum Gasteiger partial charge on any atom is -0.309 e. The average Bonchev–Trinajstić information content (AvgIpc) is 2.40. The molecule has 0 aromatic heterocycles. The Balaban J connectivity index is 2.34. The maximum atomic E-state index is 2.34. The summed E-state index contributed by atoms with van der Waals surface area (Å²) < 4.78 is 0. The van der Waals surface area contributed by atoms with E-state index < -0.39 is 0 Å². The van der Waals surface area contributed by atoms with Crippen LogP contribution >= 0.6 is 0 Å².